The number of thiocarbonyl (C=S) groups is 1. The molecule has 0 bridgehead atoms. The number of nitro benzene ring substituents is 1. The van der Waals surface area contributed by atoms with E-state index in [9.17, 15) is 15.2 Å². The second-order valence-electron chi connectivity index (χ2n) is 3.28. The first-order valence-corrected chi connectivity index (χ1v) is 5.44. The van der Waals surface area contributed by atoms with Gasteiger partial charge in [-0.2, -0.15) is 5.10 Å². The van der Waals surface area contributed by atoms with Gasteiger partial charge in [0, 0.05) is 24.4 Å². The standard InChI is InChI=1S/C10H12N4O4S/c1-11-10(19)13-12-5-6-3-7(14(16)17)9(15)8(4-6)18-2/h3-5,15H,1-2H3,(H2,11,13,19)/p-1/b12-5-. The van der Waals surface area contributed by atoms with E-state index in [-0.39, 0.29) is 10.9 Å². The summed E-state index contributed by atoms with van der Waals surface area (Å²) in [5, 5.41) is 29.0. The highest BCUT2D eigenvalue weighted by atomic mass is 32.1. The van der Waals surface area contributed by atoms with Crippen LogP contribution in [0.5, 0.6) is 11.5 Å². The highest BCUT2D eigenvalue weighted by Crippen LogP contribution is 2.33. The summed E-state index contributed by atoms with van der Waals surface area (Å²) in [5.74, 6) is -0.893. The Labute approximate surface area is 114 Å². The molecule has 0 saturated carbocycles. The molecule has 0 aliphatic carbocycles. The number of hydrogen-bond donors (Lipinski definition) is 2. The summed E-state index contributed by atoms with van der Waals surface area (Å²) in [5.41, 5.74) is 2.25. The van der Waals surface area contributed by atoms with Gasteiger partial charge in [0.1, 0.15) is 5.75 Å². The number of rotatable bonds is 4. The zero-order valence-electron chi connectivity index (χ0n) is 10.2. The molecule has 0 unspecified atom stereocenters. The molecule has 0 atom stereocenters. The first-order valence-electron chi connectivity index (χ1n) is 5.03. The van der Waals surface area contributed by atoms with Gasteiger partial charge in [-0.3, -0.25) is 15.5 Å². The van der Waals surface area contributed by atoms with Crippen LogP contribution in [-0.2, 0) is 0 Å². The van der Waals surface area contributed by atoms with Crippen molar-refractivity contribution in [2.24, 2.45) is 5.10 Å². The number of hydrazone groups is 1. The van der Waals surface area contributed by atoms with Gasteiger partial charge in [0.15, 0.2) is 5.11 Å². The van der Waals surface area contributed by atoms with Crippen LogP contribution in [0, 0.1) is 10.1 Å². The zero-order valence-corrected chi connectivity index (χ0v) is 11.0. The molecule has 0 aliphatic heterocycles. The topological polar surface area (TPSA) is 112 Å². The monoisotopic (exact) mass is 283 g/mol. The van der Waals surface area contributed by atoms with Crippen molar-refractivity contribution in [1.29, 1.82) is 0 Å². The quantitative estimate of drug-likeness (QED) is 0.349. The van der Waals surface area contributed by atoms with Crippen LogP contribution in [0.2, 0.25) is 0 Å². The van der Waals surface area contributed by atoms with E-state index in [2.05, 4.69) is 15.8 Å². The van der Waals surface area contributed by atoms with Gasteiger partial charge in [-0.1, -0.05) is 0 Å². The van der Waals surface area contributed by atoms with E-state index in [1.165, 1.54) is 19.4 Å². The summed E-state index contributed by atoms with van der Waals surface area (Å²) in [6, 6.07) is 2.46. The Kier molecular flexibility index (Phi) is 5.01. The second kappa shape index (κ2) is 6.50. The largest absolute Gasteiger partial charge is 0.865 e. The summed E-state index contributed by atoms with van der Waals surface area (Å²) in [6.07, 6.45) is 1.29. The number of hydrogen-bond acceptors (Lipinski definition) is 6. The summed E-state index contributed by atoms with van der Waals surface area (Å²) >= 11 is 4.79. The lowest BCUT2D eigenvalue weighted by atomic mass is 10.2. The summed E-state index contributed by atoms with van der Waals surface area (Å²) in [6.45, 7) is 0. The van der Waals surface area contributed by atoms with E-state index in [4.69, 9.17) is 17.0 Å². The number of nitrogens with one attached hydrogen (secondary N) is 2. The Morgan fingerprint density at radius 1 is 1.58 bits per heavy atom. The summed E-state index contributed by atoms with van der Waals surface area (Å²) < 4.78 is 4.79. The van der Waals surface area contributed by atoms with E-state index in [0.717, 1.165) is 6.07 Å². The molecule has 8 nitrogen and oxygen atoms in total. The molecular formula is C10H11N4O4S-. The van der Waals surface area contributed by atoms with Crippen LogP contribution in [0.3, 0.4) is 0 Å². The van der Waals surface area contributed by atoms with Crippen molar-refractivity contribution in [3.8, 4) is 11.5 Å². The van der Waals surface area contributed by atoms with Crippen LogP contribution in [0.25, 0.3) is 0 Å². The Bertz CT molecular complexity index is 533. The zero-order chi connectivity index (χ0) is 14.4. The molecule has 1 aromatic carbocycles. The van der Waals surface area contributed by atoms with Crippen molar-refractivity contribution >= 4 is 29.2 Å². The van der Waals surface area contributed by atoms with Crippen LogP contribution in [0.15, 0.2) is 17.2 Å². The third-order valence-corrected chi connectivity index (χ3v) is 2.38. The summed E-state index contributed by atoms with van der Waals surface area (Å²) in [7, 11) is 2.88. The molecule has 19 heavy (non-hydrogen) atoms. The maximum absolute atomic E-state index is 11.6. The van der Waals surface area contributed by atoms with Crippen molar-refractivity contribution in [1.82, 2.24) is 10.7 Å². The predicted molar refractivity (Wildman–Crippen MR) is 71.5 cm³/mol. The first-order chi connectivity index (χ1) is 8.99. The third kappa shape index (κ3) is 3.78. The van der Waals surface area contributed by atoms with Gasteiger partial charge in [0.05, 0.1) is 18.2 Å². The maximum atomic E-state index is 11.6. The molecule has 0 heterocycles. The average molecular weight is 283 g/mol. The van der Waals surface area contributed by atoms with Crippen molar-refractivity contribution in [3.63, 3.8) is 0 Å². The number of nitro groups is 1. The van der Waals surface area contributed by atoms with Crippen LogP contribution in [0.4, 0.5) is 5.69 Å². The fraction of sp³-hybridized carbons (Fsp3) is 0.200. The second-order valence-corrected chi connectivity index (χ2v) is 3.69. The molecule has 0 fully saturated rings. The normalized spacial score (nSPS) is 10.2. The molecule has 0 radical (unpaired) electrons. The van der Waals surface area contributed by atoms with E-state index >= 15 is 0 Å². The molecule has 1 rings (SSSR count). The minimum absolute atomic E-state index is 0.119. The molecule has 0 aliphatic rings. The summed E-state index contributed by atoms with van der Waals surface area (Å²) in [4.78, 5) is 9.96. The lowest BCUT2D eigenvalue weighted by Gasteiger charge is -2.12. The predicted octanol–water partition coefficient (Wildman–Crippen LogP) is 0.105. The molecular weight excluding hydrogens is 272 g/mol. The van der Waals surface area contributed by atoms with Gasteiger partial charge >= 0.3 is 0 Å². The van der Waals surface area contributed by atoms with Gasteiger partial charge in [0.25, 0.3) is 5.69 Å². The minimum atomic E-state index is -0.775. The van der Waals surface area contributed by atoms with Crippen molar-refractivity contribution in [2.45, 2.75) is 0 Å². The van der Waals surface area contributed by atoms with Crippen molar-refractivity contribution in [2.75, 3.05) is 14.2 Å². The molecule has 9 heteroatoms. The smallest absolute Gasteiger partial charge is 0.266 e. The Morgan fingerprint density at radius 2 is 2.26 bits per heavy atom. The highest BCUT2D eigenvalue weighted by Gasteiger charge is 2.12. The molecule has 0 amide bonds. The van der Waals surface area contributed by atoms with Crippen molar-refractivity contribution < 1.29 is 14.8 Å². The number of ether oxygens (including phenoxy) is 1. The van der Waals surface area contributed by atoms with E-state index in [1.807, 2.05) is 0 Å². The van der Waals surface area contributed by atoms with E-state index in [0.29, 0.717) is 5.56 Å². The molecule has 1 aromatic rings. The molecule has 0 spiro atoms. The van der Waals surface area contributed by atoms with Gasteiger partial charge in [-0.05, 0) is 18.3 Å². The Morgan fingerprint density at radius 3 is 2.79 bits per heavy atom. The van der Waals surface area contributed by atoms with Crippen LogP contribution in [0.1, 0.15) is 5.56 Å². The number of benzene rings is 1. The van der Waals surface area contributed by atoms with Crippen LogP contribution < -0.4 is 20.6 Å². The van der Waals surface area contributed by atoms with Crippen LogP contribution in [-0.4, -0.2) is 30.4 Å². The Hall–Kier alpha value is -2.42. The van der Waals surface area contributed by atoms with Crippen LogP contribution >= 0.6 is 12.2 Å². The molecule has 0 aromatic heterocycles. The van der Waals surface area contributed by atoms with Gasteiger partial charge < -0.3 is 15.2 Å². The Balaban J connectivity index is 3.05. The van der Waals surface area contributed by atoms with Crippen molar-refractivity contribution in [3.05, 3.63) is 27.8 Å². The van der Waals surface area contributed by atoms with E-state index < -0.39 is 16.4 Å². The molecule has 102 valence electrons. The molecule has 0 saturated heterocycles. The molecule has 2 N–H and O–H groups in total. The first kappa shape index (κ1) is 14.6. The van der Waals surface area contributed by atoms with Gasteiger partial charge in [0.2, 0.25) is 0 Å². The maximum Gasteiger partial charge on any atom is 0.266 e. The lowest BCUT2D eigenvalue weighted by molar-refractivity contribution is -0.398. The van der Waals surface area contributed by atoms with E-state index in [1.54, 1.807) is 7.05 Å². The highest BCUT2D eigenvalue weighted by molar-refractivity contribution is 7.80. The van der Waals surface area contributed by atoms with Gasteiger partial charge in [-0.25, -0.2) is 0 Å². The average Bonchev–Trinajstić information content (AvgIpc) is 2.39. The fourth-order valence-electron chi connectivity index (χ4n) is 1.19. The SMILES string of the molecule is CNC(=S)N/N=C\c1cc(OC)c([O-])c([N+](=O)[O-])c1. The van der Waals surface area contributed by atoms with Gasteiger partial charge in [-0.15, -0.1) is 0 Å². The number of methoxy groups -OCH3 is 1. The third-order valence-electron chi connectivity index (χ3n) is 2.08. The lowest BCUT2D eigenvalue weighted by Crippen LogP contribution is -2.28. The fourth-order valence-corrected chi connectivity index (χ4v) is 1.24. The number of nitrogens with zero attached hydrogens (tertiary/aromatic N) is 2. The minimum Gasteiger partial charge on any atom is -0.865 e.